The molecule has 144 valence electrons. The first kappa shape index (κ1) is 19.4. The summed E-state index contributed by atoms with van der Waals surface area (Å²) in [6.07, 6.45) is 1.85. The molecule has 27 heavy (non-hydrogen) atoms. The number of benzene rings is 2. The lowest BCUT2D eigenvalue weighted by molar-refractivity contribution is -0.127. The van der Waals surface area contributed by atoms with Gasteiger partial charge in [-0.25, -0.2) is 0 Å². The van der Waals surface area contributed by atoms with Crippen molar-refractivity contribution in [2.75, 3.05) is 20.2 Å². The summed E-state index contributed by atoms with van der Waals surface area (Å²) < 4.78 is 5.19. The van der Waals surface area contributed by atoms with E-state index in [1.165, 1.54) is 11.1 Å². The van der Waals surface area contributed by atoms with Crippen LogP contribution in [-0.2, 0) is 11.3 Å². The molecule has 0 spiro atoms. The van der Waals surface area contributed by atoms with Crippen molar-refractivity contribution in [3.8, 4) is 5.75 Å². The zero-order valence-corrected chi connectivity index (χ0v) is 16.6. The van der Waals surface area contributed by atoms with Gasteiger partial charge in [0.15, 0.2) is 0 Å². The number of methoxy groups -OCH3 is 1. The Hall–Kier alpha value is -2.33. The van der Waals surface area contributed by atoms with Gasteiger partial charge in [-0.2, -0.15) is 0 Å². The van der Waals surface area contributed by atoms with E-state index in [9.17, 15) is 4.79 Å². The lowest BCUT2D eigenvalue weighted by atomic mass is 9.94. The number of rotatable bonds is 6. The van der Waals surface area contributed by atoms with Gasteiger partial charge in [0.1, 0.15) is 5.75 Å². The number of aryl methyl sites for hydroxylation is 1. The molecule has 1 fully saturated rings. The minimum absolute atomic E-state index is 0.00808. The summed E-state index contributed by atoms with van der Waals surface area (Å²) in [5, 5.41) is 3.18. The predicted octanol–water partition coefficient (Wildman–Crippen LogP) is 4.09. The van der Waals surface area contributed by atoms with E-state index < -0.39 is 0 Å². The Labute approximate surface area is 162 Å². The van der Waals surface area contributed by atoms with Crippen molar-refractivity contribution in [2.45, 2.75) is 39.3 Å². The van der Waals surface area contributed by atoms with Gasteiger partial charge in [-0.15, -0.1) is 0 Å². The van der Waals surface area contributed by atoms with Crippen LogP contribution >= 0.6 is 0 Å². The molecule has 0 bridgehead atoms. The summed E-state index contributed by atoms with van der Waals surface area (Å²) in [6.45, 7) is 7.08. The summed E-state index contributed by atoms with van der Waals surface area (Å²) in [7, 11) is 1.66. The Kier molecular flexibility index (Phi) is 6.51. The predicted molar refractivity (Wildman–Crippen MR) is 109 cm³/mol. The van der Waals surface area contributed by atoms with Crippen molar-refractivity contribution < 1.29 is 9.53 Å². The van der Waals surface area contributed by atoms with Crippen LogP contribution in [0.15, 0.2) is 48.5 Å². The summed E-state index contributed by atoms with van der Waals surface area (Å²) >= 11 is 0. The number of hydrogen-bond acceptors (Lipinski definition) is 3. The first-order valence-corrected chi connectivity index (χ1v) is 9.77. The van der Waals surface area contributed by atoms with Gasteiger partial charge >= 0.3 is 0 Å². The van der Waals surface area contributed by atoms with Crippen molar-refractivity contribution >= 4 is 5.91 Å². The maximum atomic E-state index is 12.7. The van der Waals surface area contributed by atoms with Crippen molar-refractivity contribution in [1.29, 1.82) is 0 Å². The third-order valence-corrected chi connectivity index (χ3v) is 5.42. The molecule has 2 aromatic rings. The Bertz CT molecular complexity index is 749. The second-order valence-corrected chi connectivity index (χ2v) is 7.54. The lowest BCUT2D eigenvalue weighted by Gasteiger charge is -2.32. The maximum absolute atomic E-state index is 12.7. The number of nitrogens with zero attached hydrogens (tertiary/aromatic N) is 1. The van der Waals surface area contributed by atoms with Crippen LogP contribution in [0.4, 0.5) is 0 Å². The van der Waals surface area contributed by atoms with Gasteiger partial charge < -0.3 is 10.1 Å². The summed E-state index contributed by atoms with van der Waals surface area (Å²) in [4.78, 5) is 15.1. The van der Waals surface area contributed by atoms with E-state index in [1.54, 1.807) is 7.11 Å². The minimum atomic E-state index is 0.00808. The van der Waals surface area contributed by atoms with Crippen molar-refractivity contribution in [1.82, 2.24) is 10.2 Å². The lowest BCUT2D eigenvalue weighted by Crippen LogP contribution is -2.40. The quantitative estimate of drug-likeness (QED) is 0.837. The zero-order valence-electron chi connectivity index (χ0n) is 16.6. The second kappa shape index (κ2) is 9.05. The molecule has 1 atom stereocenters. The van der Waals surface area contributed by atoms with Crippen molar-refractivity contribution in [2.24, 2.45) is 5.92 Å². The van der Waals surface area contributed by atoms with E-state index in [1.807, 2.05) is 31.2 Å². The van der Waals surface area contributed by atoms with E-state index >= 15 is 0 Å². The van der Waals surface area contributed by atoms with Gasteiger partial charge in [0.2, 0.25) is 5.91 Å². The molecule has 4 nitrogen and oxygen atoms in total. The van der Waals surface area contributed by atoms with Crippen molar-refractivity contribution in [3.05, 3.63) is 65.2 Å². The molecular formula is C23H30N2O2. The molecule has 1 saturated heterocycles. The highest BCUT2D eigenvalue weighted by Crippen LogP contribution is 2.22. The zero-order chi connectivity index (χ0) is 19.2. The van der Waals surface area contributed by atoms with Gasteiger partial charge in [0.25, 0.3) is 0 Å². The molecule has 1 amide bonds. The number of carbonyl (C=O) groups is 1. The topological polar surface area (TPSA) is 41.6 Å². The molecule has 0 saturated carbocycles. The molecule has 2 aromatic carbocycles. The Balaban J connectivity index is 1.47. The largest absolute Gasteiger partial charge is 0.497 e. The van der Waals surface area contributed by atoms with Gasteiger partial charge in [-0.05, 0) is 63.0 Å². The van der Waals surface area contributed by atoms with Crippen molar-refractivity contribution in [3.63, 3.8) is 0 Å². The highest BCUT2D eigenvalue weighted by Gasteiger charge is 2.26. The summed E-state index contributed by atoms with van der Waals surface area (Å²) in [5.74, 6) is 1.12. The number of amides is 1. The molecule has 0 unspecified atom stereocenters. The number of carbonyl (C=O) groups excluding carboxylic acids is 1. The monoisotopic (exact) mass is 366 g/mol. The fourth-order valence-corrected chi connectivity index (χ4v) is 3.73. The van der Waals surface area contributed by atoms with Crippen LogP contribution in [-0.4, -0.2) is 31.0 Å². The third-order valence-electron chi connectivity index (χ3n) is 5.42. The first-order chi connectivity index (χ1) is 13.0. The molecule has 0 aliphatic carbocycles. The molecular weight excluding hydrogens is 336 g/mol. The summed E-state index contributed by atoms with van der Waals surface area (Å²) in [5.41, 5.74) is 3.75. The Morgan fingerprint density at radius 3 is 2.52 bits per heavy atom. The highest BCUT2D eigenvalue weighted by molar-refractivity contribution is 5.79. The highest BCUT2D eigenvalue weighted by atomic mass is 16.5. The Morgan fingerprint density at radius 2 is 1.89 bits per heavy atom. The normalized spacial score (nSPS) is 16.7. The number of ether oxygens (including phenoxy) is 1. The SMILES string of the molecule is COc1ccc([C@@H](C)NC(=O)C2CCN(Cc3cccc(C)c3)CC2)cc1. The average Bonchev–Trinajstić information content (AvgIpc) is 2.68. The number of piperidine rings is 1. The second-order valence-electron chi connectivity index (χ2n) is 7.54. The van der Waals surface area contributed by atoms with Gasteiger partial charge in [0, 0.05) is 12.5 Å². The van der Waals surface area contributed by atoms with Crippen LogP contribution in [0.25, 0.3) is 0 Å². The molecule has 4 heteroatoms. The molecule has 0 aromatic heterocycles. The van der Waals surface area contributed by atoms with Crippen LogP contribution in [0.5, 0.6) is 5.75 Å². The van der Waals surface area contributed by atoms with Crippen LogP contribution in [0.3, 0.4) is 0 Å². The third kappa shape index (κ3) is 5.33. The van der Waals surface area contributed by atoms with Crippen LogP contribution in [0.2, 0.25) is 0 Å². The molecule has 1 heterocycles. The van der Waals surface area contributed by atoms with E-state index in [-0.39, 0.29) is 17.9 Å². The smallest absolute Gasteiger partial charge is 0.223 e. The van der Waals surface area contributed by atoms with Crippen LogP contribution < -0.4 is 10.1 Å². The number of hydrogen-bond donors (Lipinski definition) is 1. The van der Waals surface area contributed by atoms with Crippen LogP contribution in [0.1, 0.15) is 42.5 Å². The van der Waals surface area contributed by atoms with Gasteiger partial charge in [0.05, 0.1) is 13.2 Å². The fourth-order valence-electron chi connectivity index (χ4n) is 3.73. The Morgan fingerprint density at radius 1 is 1.19 bits per heavy atom. The fraction of sp³-hybridized carbons (Fsp3) is 0.435. The van der Waals surface area contributed by atoms with E-state index in [0.717, 1.165) is 43.8 Å². The van der Waals surface area contributed by atoms with Gasteiger partial charge in [-0.3, -0.25) is 9.69 Å². The molecule has 1 aliphatic heterocycles. The van der Waals surface area contributed by atoms with Crippen LogP contribution in [0, 0.1) is 12.8 Å². The van der Waals surface area contributed by atoms with E-state index in [0.29, 0.717) is 0 Å². The molecule has 1 aliphatic rings. The summed E-state index contributed by atoms with van der Waals surface area (Å²) in [6, 6.07) is 16.6. The van der Waals surface area contributed by atoms with Gasteiger partial charge in [-0.1, -0.05) is 42.0 Å². The maximum Gasteiger partial charge on any atom is 0.223 e. The molecule has 1 N–H and O–H groups in total. The standard InChI is InChI=1S/C23H30N2O2/c1-17-5-4-6-19(15-17)16-25-13-11-21(12-14-25)23(26)24-18(2)20-7-9-22(27-3)10-8-20/h4-10,15,18,21H,11-14,16H2,1-3H3,(H,24,26)/t18-/m1/s1. The number of nitrogens with one attached hydrogen (secondary N) is 1. The average molecular weight is 367 g/mol. The molecule has 0 radical (unpaired) electrons. The van der Waals surface area contributed by atoms with E-state index in [2.05, 4.69) is 41.4 Å². The molecule has 3 rings (SSSR count). The van der Waals surface area contributed by atoms with E-state index in [4.69, 9.17) is 4.74 Å². The number of likely N-dealkylation sites (tertiary alicyclic amines) is 1. The first-order valence-electron chi connectivity index (χ1n) is 9.77. The minimum Gasteiger partial charge on any atom is -0.497 e.